The van der Waals surface area contributed by atoms with E-state index in [4.69, 9.17) is 10.8 Å². The summed E-state index contributed by atoms with van der Waals surface area (Å²) in [6.07, 6.45) is 3.56. The van der Waals surface area contributed by atoms with Crippen LogP contribution in [0.5, 0.6) is 0 Å². The third kappa shape index (κ3) is 3.82. The lowest BCUT2D eigenvalue weighted by Crippen LogP contribution is -2.36. The summed E-state index contributed by atoms with van der Waals surface area (Å²) >= 11 is 0. The van der Waals surface area contributed by atoms with Gasteiger partial charge in [0.2, 0.25) is 5.91 Å². The van der Waals surface area contributed by atoms with E-state index in [1.807, 2.05) is 0 Å². The Balaban J connectivity index is 1.86. The van der Waals surface area contributed by atoms with Crippen LogP contribution in [0.15, 0.2) is 36.4 Å². The van der Waals surface area contributed by atoms with Gasteiger partial charge in [-0.1, -0.05) is 12.2 Å². The molecule has 7 heteroatoms. The number of benzene rings is 1. The molecule has 0 radical (unpaired) electrons. The van der Waals surface area contributed by atoms with Crippen LogP contribution >= 0.6 is 0 Å². The number of anilines is 1. The van der Waals surface area contributed by atoms with Crippen LogP contribution in [0, 0.1) is 5.92 Å². The standard InChI is InChI=1S/C14H15N3O4/c15-12(18)8-1-4-10(5-2-8)16-14(21)17-11-6-3-9(7-11)13(19)20/h1-6,9,11H,7H2,(H2,15,18)(H,19,20)(H2,16,17,21). The first-order valence-electron chi connectivity index (χ1n) is 6.34. The molecule has 1 aliphatic rings. The number of carboxylic acid groups (broad SMARTS) is 1. The number of carbonyl (C=O) groups is 3. The molecule has 2 rings (SSSR count). The summed E-state index contributed by atoms with van der Waals surface area (Å²) in [5.74, 6) is -2.01. The highest BCUT2D eigenvalue weighted by Crippen LogP contribution is 2.18. The molecular weight excluding hydrogens is 274 g/mol. The van der Waals surface area contributed by atoms with Gasteiger partial charge in [0.15, 0.2) is 0 Å². The zero-order valence-electron chi connectivity index (χ0n) is 11.1. The topological polar surface area (TPSA) is 122 Å². The molecule has 0 aliphatic heterocycles. The van der Waals surface area contributed by atoms with E-state index in [0.29, 0.717) is 17.7 Å². The Hall–Kier alpha value is -2.83. The molecule has 0 aromatic heterocycles. The van der Waals surface area contributed by atoms with E-state index in [9.17, 15) is 14.4 Å². The Kier molecular flexibility index (Phi) is 4.22. The van der Waals surface area contributed by atoms with Gasteiger partial charge in [0.25, 0.3) is 0 Å². The van der Waals surface area contributed by atoms with Crippen molar-refractivity contribution < 1.29 is 19.5 Å². The number of nitrogens with two attached hydrogens (primary N) is 1. The van der Waals surface area contributed by atoms with E-state index < -0.39 is 23.8 Å². The highest BCUT2D eigenvalue weighted by atomic mass is 16.4. The van der Waals surface area contributed by atoms with Crippen molar-refractivity contribution in [3.8, 4) is 0 Å². The second kappa shape index (κ2) is 6.08. The molecule has 0 saturated carbocycles. The maximum Gasteiger partial charge on any atom is 0.319 e. The second-order valence-electron chi connectivity index (χ2n) is 4.71. The fraction of sp³-hybridized carbons (Fsp3) is 0.214. The van der Waals surface area contributed by atoms with Crippen molar-refractivity contribution in [3.05, 3.63) is 42.0 Å². The molecule has 7 nitrogen and oxygen atoms in total. The molecule has 5 N–H and O–H groups in total. The fourth-order valence-electron chi connectivity index (χ4n) is 2.04. The number of hydrogen-bond acceptors (Lipinski definition) is 3. The molecule has 1 aromatic carbocycles. The van der Waals surface area contributed by atoms with Crippen LogP contribution < -0.4 is 16.4 Å². The van der Waals surface area contributed by atoms with Gasteiger partial charge in [-0.3, -0.25) is 9.59 Å². The molecule has 21 heavy (non-hydrogen) atoms. The number of rotatable bonds is 4. The maximum atomic E-state index is 11.8. The average Bonchev–Trinajstić information content (AvgIpc) is 2.87. The minimum atomic E-state index is -0.905. The monoisotopic (exact) mass is 289 g/mol. The Morgan fingerprint density at radius 1 is 1.14 bits per heavy atom. The number of carboxylic acids is 1. The third-order valence-electron chi connectivity index (χ3n) is 3.14. The normalized spacial score (nSPS) is 20.0. The van der Waals surface area contributed by atoms with Gasteiger partial charge in [-0.15, -0.1) is 0 Å². The van der Waals surface area contributed by atoms with Gasteiger partial charge in [0, 0.05) is 11.3 Å². The van der Waals surface area contributed by atoms with Crippen LogP contribution in [0.1, 0.15) is 16.8 Å². The van der Waals surface area contributed by atoms with E-state index in [1.54, 1.807) is 24.3 Å². The summed E-state index contributed by atoms with van der Waals surface area (Å²) in [6, 6.07) is 5.38. The van der Waals surface area contributed by atoms with Gasteiger partial charge in [0.1, 0.15) is 0 Å². The first kappa shape index (κ1) is 14.6. The van der Waals surface area contributed by atoms with Crippen molar-refractivity contribution in [1.82, 2.24) is 5.32 Å². The largest absolute Gasteiger partial charge is 0.481 e. The molecular formula is C14H15N3O4. The maximum absolute atomic E-state index is 11.8. The quantitative estimate of drug-likeness (QED) is 0.616. The Morgan fingerprint density at radius 2 is 1.81 bits per heavy atom. The molecule has 0 fully saturated rings. The molecule has 1 aromatic rings. The van der Waals surface area contributed by atoms with Crippen LogP contribution in [-0.2, 0) is 4.79 Å². The van der Waals surface area contributed by atoms with Gasteiger partial charge >= 0.3 is 12.0 Å². The minimum Gasteiger partial charge on any atom is -0.481 e. The van der Waals surface area contributed by atoms with Crippen molar-refractivity contribution in [2.75, 3.05) is 5.32 Å². The lowest BCUT2D eigenvalue weighted by molar-refractivity contribution is -0.140. The highest BCUT2D eigenvalue weighted by Gasteiger charge is 2.25. The van der Waals surface area contributed by atoms with Gasteiger partial charge in [-0.2, -0.15) is 0 Å². The third-order valence-corrected chi connectivity index (χ3v) is 3.14. The van der Waals surface area contributed by atoms with Crippen LogP contribution in [0.3, 0.4) is 0 Å². The molecule has 1 aliphatic carbocycles. The van der Waals surface area contributed by atoms with Crippen molar-refractivity contribution in [3.63, 3.8) is 0 Å². The molecule has 0 bridgehead atoms. The number of amides is 3. The Morgan fingerprint density at radius 3 is 2.33 bits per heavy atom. The van der Waals surface area contributed by atoms with Crippen LogP contribution in [0.2, 0.25) is 0 Å². The van der Waals surface area contributed by atoms with Crippen molar-refractivity contribution in [2.24, 2.45) is 11.7 Å². The summed E-state index contributed by atoms with van der Waals surface area (Å²) in [4.78, 5) is 33.5. The fourth-order valence-corrected chi connectivity index (χ4v) is 2.04. The van der Waals surface area contributed by atoms with Crippen molar-refractivity contribution in [1.29, 1.82) is 0 Å². The number of carbonyl (C=O) groups excluding carboxylic acids is 2. The molecule has 3 amide bonds. The summed E-state index contributed by atoms with van der Waals surface area (Å²) < 4.78 is 0. The summed E-state index contributed by atoms with van der Waals surface area (Å²) in [5, 5.41) is 14.1. The predicted molar refractivity (Wildman–Crippen MR) is 75.8 cm³/mol. The molecule has 110 valence electrons. The number of hydrogen-bond donors (Lipinski definition) is 4. The van der Waals surface area contributed by atoms with E-state index in [0.717, 1.165) is 0 Å². The predicted octanol–water partition coefficient (Wildman–Crippen LogP) is 0.936. The zero-order valence-corrected chi connectivity index (χ0v) is 11.1. The van der Waals surface area contributed by atoms with Gasteiger partial charge < -0.3 is 21.5 Å². The van der Waals surface area contributed by atoms with Crippen molar-refractivity contribution >= 4 is 23.6 Å². The lowest BCUT2D eigenvalue weighted by atomic mass is 10.1. The summed E-state index contributed by atoms with van der Waals surface area (Å²) in [5.41, 5.74) is 5.98. The Labute approximate surface area is 120 Å². The summed E-state index contributed by atoms with van der Waals surface area (Å²) in [7, 11) is 0. The number of primary amides is 1. The van der Waals surface area contributed by atoms with E-state index in [1.165, 1.54) is 12.1 Å². The lowest BCUT2D eigenvalue weighted by Gasteiger charge is -2.13. The highest BCUT2D eigenvalue weighted by molar-refractivity contribution is 5.94. The van der Waals surface area contributed by atoms with E-state index >= 15 is 0 Å². The SMILES string of the molecule is NC(=O)c1ccc(NC(=O)NC2C=CC(C(=O)O)C2)cc1. The van der Waals surface area contributed by atoms with Gasteiger partial charge in [-0.05, 0) is 30.7 Å². The van der Waals surface area contributed by atoms with Gasteiger partial charge in [-0.25, -0.2) is 4.79 Å². The minimum absolute atomic E-state index is 0.309. The van der Waals surface area contributed by atoms with E-state index in [2.05, 4.69) is 10.6 Å². The van der Waals surface area contributed by atoms with Crippen LogP contribution in [0.25, 0.3) is 0 Å². The second-order valence-corrected chi connectivity index (χ2v) is 4.71. The first-order chi connectivity index (χ1) is 9.95. The van der Waals surface area contributed by atoms with Crippen LogP contribution in [0.4, 0.5) is 10.5 Å². The number of urea groups is 1. The molecule has 2 atom stereocenters. The van der Waals surface area contributed by atoms with Crippen molar-refractivity contribution in [2.45, 2.75) is 12.5 Å². The number of aliphatic carboxylic acids is 1. The van der Waals surface area contributed by atoms with E-state index in [-0.39, 0.29) is 6.04 Å². The molecule has 0 spiro atoms. The molecule has 2 unspecified atom stereocenters. The molecule has 0 saturated heterocycles. The first-order valence-corrected chi connectivity index (χ1v) is 6.34. The zero-order chi connectivity index (χ0) is 15.4. The van der Waals surface area contributed by atoms with Crippen LogP contribution in [-0.4, -0.2) is 29.1 Å². The number of nitrogens with one attached hydrogen (secondary N) is 2. The Bertz CT molecular complexity index is 595. The molecule has 0 heterocycles. The average molecular weight is 289 g/mol. The smallest absolute Gasteiger partial charge is 0.319 e. The van der Waals surface area contributed by atoms with Gasteiger partial charge in [0.05, 0.1) is 12.0 Å². The summed E-state index contributed by atoms with van der Waals surface area (Å²) in [6.45, 7) is 0.